The molecule has 0 spiro atoms. The minimum atomic E-state index is -2.04. The average molecular weight is 970 g/mol. The lowest BCUT2D eigenvalue weighted by atomic mass is 9.86. The first-order chi connectivity index (χ1) is 31.2. The third-order valence-corrected chi connectivity index (χ3v) is 12.7. The van der Waals surface area contributed by atoms with Crippen LogP contribution >= 0.6 is 0 Å². The molecule has 6 aliphatic rings. The van der Waals surface area contributed by atoms with Crippen molar-refractivity contribution in [3.63, 3.8) is 0 Å². The van der Waals surface area contributed by atoms with Gasteiger partial charge in [-0.1, -0.05) is 6.08 Å². The zero-order valence-corrected chi connectivity index (χ0v) is 35.0. The highest BCUT2D eigenvalue weighted by Crippen LogP contribution is 2.35. The molecule has 0 amide bonds. The molecule has 5 heterocycles. The Morgan fingerprint density at radius 3 is 1.50 bits per heavy atom. The van der Waals surface area contributed by atoms with E-state index in [1.807, 2.05) is 0 Å². The minimum Gasteiger partial charge on any atom is -0.394 e. The Morgan fingerprint density at radius 2 is 0.924 bits per heavy atom. The quantitative estimate of drug-likeness (QED) is 0.0678. The Hall–Kier alpha value is -1.42. The van der Waals surface area contributed by atoms with Gasteiger partial charge in [0.2, 0.25) is 0 Å². The molecule has 0 saturated carbocycles. The fourth-order valence-corrected chi connectivity index (χ4v) is 8.67. The Morgan fingerprint density at radius 1 is 0.455 bits per heavy atom. The van der Waals surface area contributed by atoms with Crippen LogP contribution in [0.3, 0.4) is 0 Å². The van der Waals surface area contributed by atoms with E-state index in [0.29, 0.717) is 0 Å². The summed E-state index contributed by atoms with van der Waals surface area (Å²) in [5.74, 6) is 0. The Balaban J connectivity index is 1.06. The van der Waals surface area contributed by atoms with Crippen LogP contribution in [0.15, 0.2) is 11.6 Å². The van der Waals surface area contributed by atoms with Gasteiger partial charge < -0.3 is 145 Å². The summed E-state index contributed by atoms with van der Waals surface area (Å²) >= 11 is 0. The molecule has 66 heavy (non-hydrogen) atoms. The maximum absolute atomic E-state index is 11.3. The van der Waals surface area contributed by atoms with Gasteiger partial charge in [0.05, 0.1) is 51.2 Å². The summed E-state index contributed by atoms with van der Waals surface area (Å²) in [4.78, 5) is 0. The van der Waals surface area contributed by atoms with E-state index in [2.05, 4.69) is 5.32 Å². The summed E-state index contributed by atoms with van der Waals surface area (Å²) in [6.07, 6.45) is -46.2. The molecule has 29 atom stereocenters. The second-order valence-corrected chi connectivity index (χ2v) is 17.0. The zero-order chi connectivity index (χ0) is 48.6. The van der Waals surface area contributed by atoms with E-state index in [1.54, 1.807) is 0 Å². The summed E-state index contributed by atoms with van der Waals surface area (Å²) in [5, 5.41) is 202. The van der Waals surface area contributed by atoms with Gasteiger partial charge in [-0.2, -0.15) is 0 Å². The SMILES string of the molecule is C[C@H]1O[C@H](O[C@H]2[C@H](O)[C@@H](O)[C@@H](OC[C@H]3O[C@@H](O)[C@H](O)[C@@H](O)[C@@H]3O)O[C@@H]2CO)[C@H](O)[C@@H](O)[C@@H]1N[C@H]1C=C(CO)[C@@H](O[C@H]2O[C@H](CO)[C@@H](O[C@H]3O[C@H](CO)[C@@H](O)[C@H](O)[C@H]3O)[C@H](O)[C@H]2O)[C@H](O)[C@H]1O. The molecule has 0 aromatic heterocycles. The molecule has 0 bridgehead atoms. The second-order valence-electron chi connectivity index (χ2n) is 17.0. The summed E-state index contributed by atoms with van der Waals surface area (Å²) in [7, 11) is 0. The standard InChI is InChI=1S/C37H63NO28/c1-8-15(19(46)26(53)35(59-8)65-31-12(5-41)62-34(28(55)23(31)50)58-7-14-18(45)20(47)25(52)33(57)60-14)38-10-2-9(3-39)30(22(49)16(10)43)64-37-29(56)24(51)32(13(6-42)63-37)66-36-27(54)21(48)17(44)11(4-40)61-36/h2,8,10-57H,3-7H2,1H3/t8-,10+,11-,12-,13-,14-,15-,16+,17-,18-,19+,20+,21+,22-,23-,24-,25-,26-,27-,28-,29-,30-,31-,32-,33-,34+,35-,36-,37-/m1/s1. The highest BCUT2D eigenvalue weighted by molar-refractivity contribution is 5.23. The molecule has 5 saturated heterocycles. The summed E-state index contributed by atoms with van der Waals surface area (Å²) < 4.78 is 49.7. The minimum absolute atomic E-state index is 0.130. The van der Waals surface area contributed by atoms with Crippen LogP contribution in [-0.4, -0.2) is 308 Å². The smallest absolute Gasteiger partial charge is 0.187 e. The van der Waals surface area contributed by atoms with Crippen LogP contribution < -0.4 is 5.32 Å². The number of ether oxygens (including phenoxy) is 9. The van der Waals surface area contributed by atoms with Gasteiger partial charge in [-0.25, -0.2) is 0 Å². The summed E-state index contributed by atoms with van der Waals surface area (Å²) in [5.41, 5.74) is -0.130. The molecule has 0 unspecified atom stereocenters. The molecule has 6 rings (SSSR count). The van der Waals surface area contributed by atoms with Crippen molar-refractivity contribution >= 4 is 0 Å². The first-order valence-electron chi connectivity index (χ1n) is 21.2. The van der Waals surface area contributed by atoms with Gasteiger partial charge in [-0.05, 0) is 12.5 Å². The molecule has 1 aliphatic carbocycles. The third-order valence-electron chi connectivity index (χ3n) is 12.7. The first kappa shape index (κ1) is 53.9. The molecule has 384 valence electrons. The monoisotopic (exact) mass is 969 g/mol. The molecule has 0 aromatic rings. The van der Waals surface area contributed by atoms with E-state index in [4.69, 9.17) is 42.6 Å². The van der Waals surface area contributed by atoms with Crippen molar-refractivity contribution in [3.05, 3.63) is 11.6 Å². The van der Waals surface area contributed by atoms with Gasteiger partial charge in [-0.15, -0.1) is 0 Å². The van der Waals surface area contributed by atoms with Crippen LogP contribution in [0.5, 0.6) is 0 Å². The average Bonchev–Trinajstić information content (AvgIpc) is 3.30. The second kappa shape index (κ2) is 22.8. The van der Waals surface area contributed by atoms with E-state index in [9.17, 15) is 97.0 Å². The first-order valence-corrected chi connectivity index (χ1v) is 21.2. The number of nitrogens with one attached hydrogen (secondary N) is 1. The van der Waals surface area contributed by atoms with Crippen molar-refractivity contribution in [2.75, 3.05) is 33.0 Å². The van der Waals surface area contributed by atoms with Crippen LogP contribution in [0.25, 0.3) is 0 Å². The highest BCUT2D eigenvalue weighted by Gasteiger charge is 2.55. The van der Waals surface area contributed by atoms with Gasteiger partial charge in [0, 0.05) is 0 Å². The predicted octanol–water partition coefficient (Wildman–Crippen LogP) is -12.9. The van der Waals surface area contributed by atoms with Crippen LogP contribution in [0.1, 0.15) is 6.92 Å². The Bertz CT molecular complexity index is 1550. The van der Waals surface area contributed by atoms with Crippen LogP contribution in [0, 0.1) is 0 Å². The fraction of sp³-hybridized carbons (Fsp3) is 0.946. The number of aliphatic hydroxyl groups is 19. The molecule has 20 N–H and O–H groups in total. The van der Waals surface area contributed by atoms with Gasteiger partial charge in [-0.3, -0.25) is 0 Å². The largest absolute Gasteiger partial charge is 0.394 e. The maximum atomic E-state index is 11.3. The van der Waals surface area contributed by atoms with Gasteiger partial charge >= 0.3 is 0 Å². The molecule has 5 fully saturated rings. The van der Waals surface area contributed by atoms with E-state index in [1.165, 1.54) is 13.0 Å². The van der Waals surface area contributed by atoms with Crippen molar-refractivity contribution in [2.24, 2.45) is 0 Å². The summed E-state index contributed by atoms with van der Waals surface area (Å²) in [6, 6.07) is -2.59. The van der Waals surface area contributed by atoms with Gasteiger partial charge in [0.1, 0.15) is 128 Å². The topological polar surface area (TPSA) is 479 Å². The van der Waals surface area contributed by atoms with Crippen LogP contribution in [0.4, 0.5) is 0 Å². The zero-order valence-electron chi connectivity index (χ0n) is 35.0. The molecule has 29 heteroatoms. The molecule has 0 aromatic carbocycles. The molecule has 29 nitrogen and oxygen atoms in total. The lowest BCUT2D eigenvalue weighted by molar-refractivity contribution is -0.364. The van der Waals surface area contributed by atoms with Crippen molar-refractivity contribution in [1.82, 2.24) is 5.32 Å². The van der Waals surface area contributed by atoms with Gasteiger partial charge in [0.25, 0.3) is 0 Å². The van der Waals surface area contributed by atoms with Crippen molar-refractivity contribution in [2.45, 2.75) is 185 Å². The van der Waals surface area contributed by atoms with Crippen molar-refractivity contribution in [1.29, 1.82) is 0 Å². The van der Waals surface area contributed by atoms with E-state index >= 15 is 0 Å². The normalized spacial score (nSPS) is 52.8. The number of rotatable bonds is 15. The van der Waals surface area contributed by atoms with Crippen LogP contribution in [-0.2, 0) is 42.6 Å². The van der Waals surface area contributed by atoms with Crippen molar-refractivity contribution < 1.29 is 140 Å². The van der Waals surface area contributed by atoms with E-state index in [0.717, 1.165) is 0 Å². The molecular weight excluding hydrogens is 906 g/mol. The molecule has 0 radical (unpaired) electrons. The van der Waals surface area contributed by atoms with Gasteiger partial charge in [0.15, 0.2) is 31.5 Å². The molecular formula is C37H63NO28. The lowest BCUT2D eigenvalue weighted by Gasteiger charge is -2.48. The van der Waals surface area contributed by atoms with Crippen molar-refractivity contribution in [3.8, 4) is 0 Å². The third kappa shape index (κ3) is 10.9. The Kier molecular flexibility index (Phi) is 18.6. The molecule has 5 aliphatic heterocycles. The summed E-state index contributed by atoms with van der Waals surface area (Å²) in [6.45, 7) is -2.68. The number of hydrogen-bond acceptors (Lipinski definition) is 29. The van der Waals surface area contributed by atoms with E-state index < -0.39 is 211 Å². The number of aliphatic hydroxyl groups excluding tert-OH is 19. The van der Waals surface area contributed by atoms with Crippen LogP contribution in [0.2, 0.25) is 0 Å². The fourth-order valence-electron chi connectivity index (χ4n) is 8.67. The predicted molar refractivity (Wildman–Crippen MR) is 203 cm³/mol. The highest BCUT2D eigenvalue weighted by atomic mass is 16.8. The van der Waals surface area contributed by atoms with E-state index in [-0.39, 0.29) is 5.57 Å². The number of hydrogen-bond donors (Lipinski definition) is 20. The Labute approximate surface area is 374 Å². The lowest BCUT2D eigenvalue weighted by Crippen LogP contribution is -2.68. The maximum Gasteiger partial charge on any atom is 0.187 e.